The Bertz CT molecular complexity index is 1420. The highest BCUT2D eigenvalue weighted by Crippen LogP contribution is 2.65. The van der Waals surface area contributed by atoms with Gasteiger partial charge in [0.05, 0.1) is 32.2 Å². The van der Waals surface area contributed by atoms with Crippen LogP contribution in [0.4, 0.5) is 30.2 Å². The Labute approximate surface area is 227 Å². The highest BCUT2D eigenvalue weighted by molar-refractivity contribution is 6.53. The number of carbonyl (C=O) groups excluding carboxylic acids is 2. The number of rotatable bonds is 5. The Kier molecular flexibility index (Phi) is 7.29. The van der Waals surface area contributed by atoms with Crippen LogP contribution < -0.4 is 16.4 Å². The van der Waals surface area contributed by atoms with Crippen molar-refractivity contribution in [2.75, 3.05) is 16.4 Å². The second kappa shape index (κ2) is 9.84. The van der Waals surface area contributed by atoms with E-state index in [1.165, 1.54) is 12.1 Å². The molecule has 188 valence electrons. The van der Waals surface area contributed by atoms with E-state index in [-0.39, 0.29) is 10.7 Å². The van der Waals surface area contributed by atoms with Gasteiger partial charge < -0.3 is 16.4 Å². The summed E-state index contributed by atoms with van der Waals surface area (Å²) in [6, 6.07) is 8.43. The summed E-state index contributed by atoms with van der Waals surface area (Å²) in [6.07, 6.45) is 0. The van der Waals surface area contributed by atoms with E-state index < -0.39 is 67.4 Å². The van der Waals surface area contributed by atoms with E-state index in [2.05, 4.69) is 10.6 Å². The largest absolute Gasteiger partial charge is 0.394 e. The van der Waals surface area contributed by atoms with E-state index in [0.717, 1.165) is 24.3 Å². The molecule has 0 bridgehead atoms. The van der Waals surface area contributed by atoms with Crippen LogP contribution in [-0.4, -0.2) is 16.1 Å². The summed E-state index contributed by atoms with van der Waals surface area (Å²) >= 11 is 30.5. The molecule has 0 unspecified atom stereocenters. The quantitative estimate of drug-likeness (QED) is 0.211. The molecule has 4 N–H and O–H groups in total. The van der Waals surface area contributed by atoms with Crippen LogP contribution in [0.15, 0.2) is 42.5 Å². The molecule has 1 aliphatic rings. The molecule has 3 aromatic rings. The smallest absolute Gasteiger partial charge is 0.257 e. The molecule has 0 spiro atoms. The van der Waals surface area contributed by atoms with E-state index in [1.54, 1.807) is 6.07 Å². The van der Waals surface area contributed by atoms with Gasteiger partial charge in [0, 0.05) is 11.6 Å². The van der Waals surface area contributed by atoms with E-state index in [0.29, 0.717) is 10.6 Å². The van der Waals surface area contributed by atoms with Crippen molar-refractivity contribution < 1.29 is 22.8 Å². The van der Waals surface area contributed by atoms with Gasteiger partial charge in [0.2, 0.25) is 5.91 Å². The zero-order valence-corrected chi connectivity index (χ0v) is 21.4. The number of halogens is 8. The number of nitrogens with one attached hydrogen (secondary N) is 2. The number of hydrogen-bond acceptors (Lipinski definition) is 3. The molecular formula is C23H13Cl5F3N3O2. The van der Waals surface area contributed by atoms with Crippen molar-refractivity contribution in [3.63, 3.8) is 0 Å². The maximum Gasteiger partial charge on any atom is 0.257 e. The van der Waals surface area contributed by atoms with Crippen molar-refractivity contribution in [3.05, 3.63) is 86.1 Å². The zero-order valence-electron chi connectivity index (χ0n) is 17.6. The maximum atomic E-state index is 14.5. The molecule has 0 heterocycles. The third-order valence-electron chi connectivity index (χ3n) is 5.55. The number of benzene rings is 3. The summed E-state index contributed by atoms with van der Waals surface area (Å²) in [7, 11) is 0. The molecule has 13 heteroatoms. The topological polar surface area (TPSA) is 84.2 Å². The molecule has 2 atom stereocenters. The average molecular weight is 598 g/mol. The first-order valence-corrected chi connectivity index (χ1v) is 11.9. The lowest BCUT2D eigenvalue weighted by Gasteiger charge is -2.12. The van der Waals surface area contributed by atoms with Crippen LogP contribution >= 0.6 is 58.0 Å². The lowest BCUT2D eigenvalue weighted by Crippen LogP contribution is -2.19. The van der Waals surface area contributed by atoms with Crippen LogP contribution in [-0.2, 0) is 4.79 Å². The van der Waals surface area contributed by atoms with Gasteiger partial charge in [-0.2, -0.15) is 0 Å². The van der Waals surface area contributed by atoms with Gasteiger partial charge in [-0.3, -0.25) is 9.59 Å². The van der Waals surface area contributed by atoms with Gasteiger partial charge in [-0.25, -0.2) is 13.2 Å². The van der Waals surface area contributed by atoms with E-state index in [9.17, 15) is 22.8 Å². The number of amides is 2. The highest BCUT2D eigenvalue weighted by atomic mass is 35.5. The fraction of sp³-hybridized carbons (Fsp3) is 0.130. The Morgan fingerprint density at radius 3 is 2.25 bits per heavy atom. The molecule has 1 aliphatic carbocycles. The number of hydrogen-bond donors (Lipinski definition) is 3. The fourth-order valence-corrected chi connectivity index (χ4v) is 5.01. The van der Waals surface area contributed by atoms with Gasteiger partial charge in [0.15, 0.2) is 5.82 Å². The van der Waals surface area contributed by atoms with Crippen LogP contribution in [0.2, 0.25) is 15.1 Å². The minimum atomic E-state index is -1.48. The van der Waals surface area contributed by atoms with Crippen LogP contribution in [0.3, 0.4) is 0 Å². The number of anilines is 3. The van der Waals surface area contributed by atoms with Gasteiger partial charge in [0.25, 0.3) is 5.91 Å². The molecule has 2 amide bonds. The lowest BCUT2D eigenvalue weighted by atomic mass is 10.1. The molecule has 5 nitrogen and oxygen atoms in total. The number of alkyl halides is 2. The molecule has 36 heavy (non-hydrogen) atoms. The van der Waals surface area contributed by atoms with E-state index in [1.807, 2.05) is 0 Å². The van der Waals surface area contributed by atoms with Crippen LogP contribution in [0.1, 0.15) is 21.8 Å². The van der Waals surface area contributed by atoms with Crippen LogP contribution in [0.5, 0.6) is 0 Å². The number of nitrogen functional groups attached to an aromatic ring is 1. The van der Waals surface area contributed by atoms with E-state index >= 15 is 0 Å². The standard InChI is InChI=1S/C23H13Cl5F3N3O2/c24-11-2-1-8(5-12(11)25)16-17(23(16,27)28)22(36)33-9-6-10(18(26)14(30)7-9)21(35)34-15-4-3-13(29)20(32)19(15)31/h1-7,16-17H,32H2,(H,33,36)(H,34,35)/t16-,17+/m0/s1. The number of nitrogens with two attached hydrogens (primary N) is 1. The lowest BCUT2D eigenvalue weighted by molar-refractivity contribution is -0.117. The Morgan fingerprint density at radius 1 is 0.889 bits per heavy atom. The normalized spacial score (nSPS) is 18.0. The number of carbonyl (C=O) groups is 2. The fourth-order valence-electron chi connectivity index (χ4n) is 3.68. The van der Waals surface area contributed by atoms with Crippen molar-refractivity contribution in [3.8, 4) is 0 Å². The summed E-state index contributed by atoms with van der Waals surface area (Å²) < 4.78 is 40.6. The van der Waals surface area contributed by atoms with Gasteiger partial charge in [-0.1, -0.05) is 40.9 Å². The zero-order chi connectivity index (χ0) is 26.5. The molecule has 4 rings (SSSR count). The molecular weight excluding hydrogens is 585 g/mol. The summed E-state index contributed by atoms with van der Waals surface area (Å²) in [5, 5.41) is 4.56. The molecule has 1 fully saturated rings. The first-order valence-electron chi connectivity index (χ1n) is 10.0. The molecule has 0 radical (unpaired) electrons. The molecule has 3 aromatic carbocycles. The summed E-state index contributed by atoms with van der Waals surface area (Å²) in [5.74, 6) is -6.56. The van der Waals surface area contributed by atoms with Crippen molar-refractivity contribution in [1.29, 1.82) is 0 Å². The second-order valence-corrected chi connectivity index (χ2v) is 10.5. The first kappa shape index (κ1) is 26.7. The van der Waals surface area contributed by atoms with Gasteiger partial charge in [0.1, 0.15) is 21.7 Å². The summed E-state index contributed by atoms with van der Waals surface area (Å²) in [6.45, 7) is 0. The second-order valence-electron chi connectivity index (χ2n) is 7.89. The minimum absolute atomic E-state index is 0.143. The van der Waals surface area contributed by atoms with Gasteiger partial charge >= 0.3 is 0 Å². The molecule has 0 saturated heterocycles. The molecule has 0 aromatic heterocycles. The van der Waals surface area contributed by atoms with Crippen molar-refractivity contribution in [2.24, 2.45) is 5.92 Å². The predicted molar refractivity (Wildman–Crippen MR) is 136 cm³/mol. The van der Waals surface area contributed by atoms with Crippen molar-refractivity contribution >= 4 is 86.9 Å². The Hall–Kier alpha value is -2.36. The maximum absolute atomic E-state index is 14.5. The SMILES string of the molecule is Nc1c(F)ccc(NC(=O)c2cc(NC(=O)[C@H]3[C@H](c4ccc(Cl)c(Cl)c4)C3(Cl)Cl)cc(F)c2Cl)c1F. The molecule has 0 aliphatic heterocycles. The third-order valence-corrected chi connectivity index (χ3v) is 7.62. The average Bonchev–Trinajstić information content (AvgIpc) is 3.40. The monoisotopic (exact) mass is 595 g/mol. The Balaban J connectivity index is 1.56. The van der Waals surface area contributed by atoms with Crippen molar-refractivity contribution in [2.45, 2.75) is 10.3 Å². The van der Waals surface area contributed by atoms with E-state index in [4.69, 9.17) is 63.7 Å². The summed E-state index contributed by atoms with van der Waals surface area (Å²) in [4.78, 5) is 25.6. The highest BCUT2D eigenvalue weighted by Gasteiger charge is 2.67. The molecule has 1 saturated carbocycles. The van der Waals surface area contributed by atoms with Crippen molar-refractivity contribution in [1.82, 2.24) is 0 Å². The van der Waals surface area contributed by atoms with Crippen LogP contribution in [0, 0.1) is 23.4 Å². The minimum Gasteiger partial charge on any atom is -0.394 e. The first-order chi connectivity index (χ1) is 16.8. The Morgan fingerprint density at radius 2 is 1.58 bits per heavy atom. The van der Waals surface area contributed by atoms with Gasteiger partial charge in [-0.15, -0.1) is 23.2 Å². The summed E-state index contributed by atoms with van der Waals surface area (Å²) in [5.41, 5.74) is 4.01. The third kappa shape index (κ3) is 4.93. The predicted octanol–water partition coefficient (Wildman–Crippen LogP) is 7.42. The van der Waals surface area contributed by atoms with Crippen LogP contribution in [0.25, 0.3) is 0 Å². The van der Waals surface area contributed by atoms with Gasteiger partial charge in [-0.05, 0) is 42.0 Å².